The van der Waals surface area contributed by atoms with Crippen molar-refractivity contribution in [2.24, 2.45) is 0 Å². The quantitative estimate of drug-likeness (QED) is 0.671. The summed E-state index contributed by atoms with van der Waals surface area (Å²) in [6, 6.07) is 4.18. The molecule has 2 heterocycles. The number of carbonyl (C=O) groups excluding carboxylic acids is 1. The second-order valence-electron chi connectivity index (χ2n) is 8.97. The van der Waals surface area contributed by atoms with Gasteiger partial charge in [0.05, 0.1) is 36.7 Å². The van der Waals surface area contributed by atoms with Crippen molar-refractivity contribution in [1.82, 2.24) is 5.32 Å². The van der Waals surface area contributed by atoms with E-state index in [9.17, 15) is 14.3 Å². The zero-order valence-corrected chi connectivity index (χ0v) is 18.2. The van der Waals surface area contributed by atoms with E-state index in [-0.39, 0.29) is 18.8 Å². The molecule has 1 aromatic carbocycles. The van der Waals surface area contributed by atoms with Crippen LogP contribution in [0.5, 0.6) is 0 Å². The molecule has 2 amide bonds. The van der Waals surface area contributed by atoms with E-state index in [0.29, 0.717) is 63.4 Å². The molecular weight excluding hydrogens is 405 g/mol. The predicted octanol–water partition coefficient (Wildman–Crippen LogP) is 2.61. The number of morpholine rings is 1. The second kappa shape index (κ2) is 8.90. The summed E-state index contributed by atoms with van der Waals surface area (Å²) in [7, 11) is 0. The molecule has 0 radical (unpaired) electrons. The zero-order valence-electron chi connectivity index (χ0n) is 18.2. The number of halogens is 1. The third-order valence-electron chi connectivity index (χ3n) is 6.30. The van der Waals surface area contributed by atoms with Crippen molar-refractivity contribution >= 4 is 17.4 Å². The number of hydrogen-bond acceptors (Lipinski definition) is 6. The van der Waals surface area contributed by atoms with Gasteiger partial charge in [-0.2, -0.15) is 0 Å². The smallest absolute Gasteiger partial charge is 0.319 e. The van der Waals surface area contributed by atoms with Crippen molar-refractivity contribution in [3.63, 3.8) is 0 Å². The number of rotatable bonds is 4. The first-order valence-corrected chi connectivity index (χ1v) is 11.0. The fraction of sp³-hybridized carbons (Fsp3) is 0.682. The topological polar surface area (TPSA) is 92.3 Å². The largest absolute Gasteiger partial charge is 0.388 e. The van der Waals surface area contributed by atoms with Crippen LogP contribution in [-0.2, 0) is 14.2 Å². The van der Waals surface area contributed by atoms with E-state index in [2.05, 4.69) is 10.6 Å². The number of nitrogens with one attached hydrogen (secondary N) is 2. The third kappa shape index (κ3) is 5.28. The van der Waals surface area contributed by atoms with Crippen molar-refractivity contribution in [3.8, 4) is 0 Å². The summed E-state index contributed by atoms with van der Waals surface area (Å²) in [5, 5.41) is 16.1. The van der Waals surface area contributed by atoms with Gasteiger partial charge >= 0.3 is 6.03 Å². The van der Waals surface area contributed by atoms with E-state index < -0.39 is 23.2 Å². The van der Waals surface area contributed by atoms with Crippen LogP contribution < -0.4 is 15.5 Å². The van der Waals surface area contributed by atoms with Gasteiger partial charge in [0.1, 0.15) is 5.82 Å². The lowest BCUT2D eigenvalue weighted by atomic mass is 9.81. The van der Waals surface area contributed by atoms with Gasteiger partial charge in [0.25, 0.3) is 0 Å². The first kappa shape index (κ1) is 22.3. The number of benzene rings is 1. The number of nitrogens with zero attached hydrogens (tertiary/aromatic N) is 1. The highest BCUT2D eigenvalue weighted by atomic mass is 19.1. The highest BCUT2D eigenvalue weighted by Gasteiger charge is 2.45. The monoisotopic (exact) mass is 437 g/mol. The number of ether oxygens (including phenoxy) is 3. The Balaban J connectivity index is 1.28. The van der Waals surface area contributed by atoms with Crippen LogP contribution in [0.25, 0.3) is 0 Å². The van der Waals surface area contributed by atoms with Gasteiger partial charge in [0.2, 0.25) is 0 Å². The van der Waals surface area contributed by atoms with Gasteiger partial charge in [-0.15, -0.1) is 0 Å². The number of urea groups is 1. The first-order chi connectivity index (χ1) is 14.8. The van der Waals surface area contributed by atoms with Crippen LogP contribution in [0.1, 0.15) is 39.5 Å². The van der Waals surface area contributed by atoms with Crippen molar-refractivity contribution in [1.29, 1.82) is 0 Å². The number of carbonyl (C=O) groups is 1. The number of anilines is 2. The van der Waals surface area contributed by atoms with E-state index in [1.54, 1.807) is 12.1 Å². The fourth-order valence-electron chi connectivity index (χ4n) is 4.69. The van der Waals surface area contributed by atoms with Crippen LogP contribution in [-0.4, -0.2) is 67.6 Å². The van der Waals surface area contributed by atoms with Gasteiger partial charge in [-0.05, 0) is 44.9 Å². The molecule has 2 saturated heterocycles. The van der Waals surface area contributed by atoms with E-state index >= 15 is 0 Å². The molecule has 1 saturated carbocycles. The Hall–Kier alpha value is -1.94. The normalized spacial score (nSPS) is 27.3. The molecule has 2 unspecified atom stereocenters. The Morgan fingerprint density at radius 3 is 2.42 bits per heavy atom. The molecule has 9 heteroatoms. The van der Waals surface area contributed by atoms with E-state index in [4.69, 9.17) is 14.2 Å². The van der Waals surface area contributed by atoms with Gasteiger partial charge in [0.15, 0.2) is 5.79 Å². The van der Waals surface area contributed by atoms with Crippen molar-refractivity contribution in [2.45, 2.75) is 63.1 Å². The second-order valence-corrected chi connectivity index (χ2v) is 8.97. The van der Waals surface area contributed by atoms with Gasteiger partial charge < -0.3 is 34.9 Å². The van der Waals surface area contributed by atoms with Crippen LogP contribution >= 0.6 is 0 Å². The summed E-state index contributed by atoms with van der Waals surface area (Å²) < 4.78 is 31.8. The molecule has 3 aliphatic rings. The molecule has 8 nitrogen and oxygen atoms in total. The Bertz CT molecular complexity index is 781. The molecule has 3 fully saturated rings. The molecule has 1 spiro atoms. The number of hydrogen-bond donors (Lipinski definition) is 3. The standard InChI is InChI=1S/C22H32FN3O5/c1-15-12-26(13-16(2)31-15)19-4-3-17(11-18(19)23)25-20(27)24-14-21(28)5-7-22(8-6-21)29-9-10-30-22/h3-4,11,15-16,28H,5-10,12-14H2,1-2H3,(H2,24,25,27). The van der Waals surface area contributed by atoms with Crippen LogP contribution in [0.3, 0.4) is 0 Å². The van der Waals surface area contributed by atoms with Gasteiger partial charge in [-0.3, -0.25) is 0 Å². The molecular formula is C22H32FN3O5. The summed E-state index contributed by atoms with van der Waals surface area (Å²) in [5.41, 5.74) is -0.151. The maximum absolute atomic E-state index is 14.7. The maximum atomic E-state index is 14.7. The molecule has 4 rings (SSSR count). The summed E-state index contributed by atoms with van der Waals surface area (Å²) in [6.07, 6.45) is 2.20. The highest BCUT2D eigenvalue weighted by Crippen LogP contribution is 2.40. The maximum Gasteiger partial charge on any atom is 0.319 e. The lowest BCUT2D eigenvalue weighted by Crippen LogP contribution is -2.50. The van der Waals surface area contributed by atoms with Gasteiger partial charge in [-0.1, -0.05) is 0 Å². The van der Waals surface area contributed by atoms with Crippen LogP contribution in [0.2, 0.25) is 0 Å². The minimum absolute atomic E-state index is 0.0268. The molecule has 0 bridgehead atoms. The SMILES string of the molecule is CC1CN(c2ccc(NC(=O)NCC3(O)CCC4(CC3)OCCO4)cc2F)CC(C)O1. The number of amides is 2. The highest BCUT2D eigenvalue weighted by molar-refractivity contribution is 5.89. The minimum Gasteiger partial charge on any atom is -0.388 e. The van der Waals surface area contributed by atoms with E-state index in [1.807, 2.05) is 18.7 Å². The molecule has 1 aromatic rings. The third-order valence-corrected chi connectivity index (χ3v) is 6.30. The zero-order chi connectivity index (χ0) is 22.1. The molecule has 1 aliphatic carbocycles. The molecule has 172 valence electrons. The molecule has 2 atom stereocenters. The van der Waals surface area contributed by atoms with Crippen molar-refractivity contribution in [3.05, 3.63) is 24.0 Å². The summed E-state index contributed by atoms with van der Waals surface area (Å²) in [5.74, 6) is -0.962. The van der Waals surface area contributed by atoms with Crippen LogP contribution in [0.15, 0.2) is 18.2 Å². The van der Waals surface area contributed by atoms with Gasteiger partial charge in [-0.25, -0.2) is 9.18 Å². The first-order valence-electron chi connectivity index (χ1n) is 11.0. The predicted molar refractivity (Wildman–Crippen MR) is 114 cm³/mol. The Kier molecular flexibility index (Phi) is 6.39. The Morgan fingerprint density at radius 1 is 1.16 bits per heavy atom. The lowest BCUT2D eigenvalue weighted by molar-refractivity contribution is -0.201. The van der Waals surface area contributed by atoms with Gasteiger partial charge in [0, 0.05) is 38.2 Å². The van der Waals surface area contributed by atoms with Crippen molar-refractivity contribution < 1.29 is 28.5 Å². The number of aliphatic hydroxyl groups is 1. The minimum atomic E-state index is -1.00. The van der Waals surface area contributed by atoms with E-state index in [1.165, 1.54) is 6.07 Å². The molecule has 0 aromatic heterocycles. The molecule has 31 heavy (non-hydrogen) atoms. The van der Waals surface area contributed by atoms with Crippen LogP contribution in [0.4, 0.5) is 20.6 Å². The summed E-state index contributed by atoms with van der Waals surface area (Å²) in [6.45, 7) is 6.44. The lowest BCUT2D eigenvalue weighted by Gasteiger charge is -2.40. The Labute approximate surface area is 182 Å². The van der Waals surface area contributed by atoms with E-state index in [0.717, 1.165) is 0 Å². The average Bonchev–Trinajstić information content (AvgIpc) is 3.17. The fourth-order valence-corrected chi connectivity index (χ4v) is 4.69. The summed E-state index contributed by atoms with van der Waals surface area (Å²) >= 11 is 0. The molecule has 2 aliphatic heterocycles. The summed E-state index contributed by atoms with van der Waals surface area (Å²) in [4.78, 5) is 14.3. The average molecular weight is 438 g/mol. The Morgan fingerprint density at radius 2 is 1.81 bits per heavy atom. The molecule has 3 N–H and O–H groups in total. The van der Waals surface area contributed by atoms with Crippen LogP contribution in [0, 0.1) is 5.82 Å². The van der Waals surface area contributed by atoms with Crippen molar-refractivity contribution in [2.75, 3.05) is 43.1 Å².